The first-order valence-electron chi connectivity index (χ1n) is 4.59. The lowest BCUT2D eigenvalue weighted by molar-refractivity contribution is 1.29. The molecule has 82 valence electrons. The zero-order chi connectivity index (χ0) is 11.5. The number of hydrogen-bond acceptors (Lipinski definition) is 3. The predicted molar refractivity (Wildman–Crippen MR) is 71.1 cm³/mol. The van der Waals surface area contributed by atoms with Gasteiger partial charge in [0.2, 0.25) is 0 Å². The van der Waals surface area contributed by atoms with Crippen LogP contribution in [0.1, 0.15) is 0 Å². The first-order chi connectivity index (χ1) is 7.65. The van der Waals surface area contributed by atoms with Crippen LogP contribution in [-0.2, 0) is 0 Å². The molecule has 3 nitrogen and oxygen atoms in total. The minimum Gasteiger partial charge on any atom is -0.397 e. The molecule has 1 heterocycles. The minimum absolute atomic E-state index is 0.619. The standard InChI is InChI=1S/C11H9BrClN3/c12-10-5-8(14)6-15-11(10)16-9-3-1-7(13)2-4-9/h1-6H,14H2,(H,15,16). The quantitative estimate of drug-likeness (QED) is 0.886. The first kappa shape index (κ1) is 11.2. The van der Waals surface area contributed by atoms with E-state index >= 15 is 0 Å². The van der Waals surface area contributed by atoms with Crippen LogP contribution in [0.5, 0.6) is 0 Å². The molecular formula is C11H9BrClN3. The second kappa shape index (κ2) is 4.72. The summed E-state index contributed by atoms with van der Waals surface area (Å²) >= 11 is 9.19. The Bertz CT molecular complexity index is 499. The molecule has 0 saturated carbocycles. The van der Waals surface area contributed by atoms with Crippen LogP contribution in [0.3, 0.4) is 0 Å². The van der Waals surface area contributed by atoms with Crippen LogP contribution >= 0.6 is 27.5 Å². The van der Waals surface area contributed by atoms with E-state index in [-0.39, 0.29) is 0 Å². The van der Waals surface area contributed by atoms with Crippen molar-refractivity contribution in [2.24, 2.45) is 0 Å². The van der Waals surface area contributed by atoms with E-state index in [0.29, 0.717) is 10.7 Å². The van der Waals surface area contributed by atoms with Gasteiger partial charge in [-0.3, -0.25) is 0 Å². The smallest absolute Gasteiger partial charge is 0.144 e. The van der Waals surface area contributed by atoms with Crippen molar-refractivity contribution < 1.29 is 0 Å². The third-order valence-electron chi connectivity index (χ3n) is 1.97. The van der Waals surface area contributed by atoms with Crippen molar-refractivity contribution in [2.75, 3.05) is 11.1 Å². The maximum Gasteiger partial charge on any atom is 0.144 e. The van der Waals surface area contributed by atoms with Crippen LogP contribution in [-0.4, -0.2) is 4.98 Å². The Morgan fingerprint density at radius 2 is 1.94 bits per heavy atom. The highest BCUT2D eigenvalue weighted by Gasteiger charge is 2.02. The number of nitrogens with two attached hydrogens (primary N) is 1. The zero-order valence-electron chi connectivity index (χ0n) is 8.24. The molecule has 2 rings (SSSR count). The molecule has 5 heteroatoms. The monoisotopic (exact) mass is 297 g/mol. The summed E-state index contributed by atoms with van der Waals surface area (Å²) in [5, 5.41) is 3.86. The summed E-state index contributed by atoms with van der Waals surface area (Å²) in [6, 6.07) is 9.19. The molecule has 0 aliphatic rings. The molecule has 0 bridgehead atoms. The Balaban J connectivity index is 2.23. The number of pyridine rings is 1. The van der Waals surface area contributed by atoms with Crippen molar-refractivity contribution >= 4 is 44.7 Å². The van der Waals surface area contributed by atoms with E-state index in [2.05, 4.69) is 26.2 Å². The van der Waals surface area contributed by atoms with E-state index in [0.717, 1.165) is 16.0 Å². The van der Waals surface area contributed by atoms with Crippen molar-refractivity contribution in [2.45, 2.75) is 0 Å². The lowest BCUT2D eigenvalue weighted by Gasteiger charge is -2.07. The molecule has 0 amide bonds. The second-order valence-electron chi connectivity index (χ2n) is 3.23. The predicted octanol–water partition coefficient (Wildman–Crippen LogP) is 3.82. The third-order valence-corrected chi connectivity index (χ3v) is 2.83. The van der Waals surface area contributed by atoms with E-state index in [1.54, 1.807) is 12.3 Å². The summed E-state index contributed by atoms with van der Waals surface area (Å²) < 4.78 is 0.822. The normalized spacial score (nSPS) is 10.1. The fourth-order valence-corrected chi connectivity index (χ4v) is 1.81. The van der Waals surface area contributed by atoms with Gasteiger partial charge in [0.1, 0.15) is 5.82 Å². The van der Waals surface area contributed by atoms with Crippen LogP contribution in [0.15, 0.2) is 41.0 Å². The average Bonchev–Trinajstić information content (AvgIpc) is 2.25. The van der Waals surface area contributed by atoms with E-state index in [4.69, 9.17) is 17.3 Å². The maximum absolute atomic E-state index is 5.80. The Kier molecular flexibility index (Phi) is 3.31. The molecule has 0 aliphatic heterocycles. The van der Waals surface area contributed by atoms with Crippen molar-refractivity contribution in [1.29, 1.82) is 0 Å². The number of nitrogens with one attached hydrogen (secondary N) is 1. The Morgan fingerprint density at radius 3 is 2.56 bits per heavy atom. The third kappa shape index (κ3) is 2.65. The lowest BCUT2D eigenvalue weighted by atomic mass is 10.3. The van der Waals surface area contributed by atoms with Gasteiger partial charge in [-0.2, -0.15) is 0 Å². The van der Waals surface area contributed by atoms with Gasteiger partial charge >= 0.3 is 0 Å². The molecule has 3 N–H and O–H groups in total. The van der Waals surface area contributed by atoms with Gasteiger partial charge in [-0.15, -0.1) is 0 Å². The summed E-state index contributed by atoms with van der Waals surface area (Å²) in [5.74, 6) is 0.719. The highest BCUT2D eigenvalue weighted by Crippen LogP contribution is 2.25. The lowest BCUT2D eigenvalue weighted by Crippen LogP contribution is -1.96. The summed E-state index contributed by atoms with van der Waals surface area (Å²) in [6.45, 7) is 0. The number of nitrogen functional groups attached to an aromatic ring is 1. The number of anilines is 3. The van der Waals surface area contributed by atoms with E-state index in [1.165, 1.54) is 0 Å². The zero-order valence-corrected chi connectivity index (χ0v) is 10.6. The number of nitrogens with zero attached hydrogens (tertiary/aromatic N) is 1. The molecule has 1 aromatic carbocycles. The fourth-order valence-electron chi connectivity index (χ4n) is 1.21. The number of aromatic nitrogens is 1. The number of halogens is 2. The summed E-state index contributed by atoms with van der Waals surface area (Å²) in [4.78, 5) is 4.18. The van der Waals surface area contributed by atoms with Crippen LogP contribution in [0.4, 0.5) is 17.2 Å². The van der Waals surface area contributed by atoms with Gasteiger partial charge in [0.05, 0.1) is 16.4 Å². The first-order valence-corrected chi connectivity index (χ1v) is 5.76. The number of rotatable bonds is 2. The van der Waals surface area contributed by atoms with Gasteiger partial charge in [-0.05, 0) is 46.3 Å². The van der Waals surface area contributed by atoms with E-state index in [1.807, 2.05) is 24.3 Å². The van der Waals surface area contributed by atoms with Gasteiger partial charge in [0.25, 0.3) is 0 Å². The number of benzene rings is 1. The van der Waals surface area contributed by atoms with Gasteiger partial charge in [0, 0.05) is 10.7 Å². The topological polar surface area (TPSA) is 50.9 Å². The largest absolute Gasteiger partial charge is 0.397 e. The molecule has 0 unspecified atom stereocenters. The van der Waals surface area contributed by atoms with Crippen molar-refractivity contribution in [1.82, 2.24) is 4.98 Å². The Hall–Kier alpha value is -1.26. The minimum atomic E-state index is 0.619. The van der Waals surface area contributed by atoms with Gasteiger partial charge in [-0.25, -0.2) is 4.98 Å². The molecular weight excluding hydrogens is 289 g/mol. The van der Waals surface area contributed by atoms with E-state index < -0.39 is 0 Å². The summed E-state index contributed by atoms with van der Waals surface area (Å²) in [5.41, 5.74) is 7.14. The molecule has 0 spiro atoms. The van der Waals surface area contributed by atoms with Gasteiger partial charge in [-0.1, -0.05) is 11.6 Å². The molecule has 2 aromatic rings. The highest BCUT2D eigenvalue weighted by molar-refractivity contribution is 9.10. The molecule has 0 fully saturated rings. The highest BCUT2D eigenvalue weighted by atomic mass is 79.9. The molecule has 0 radical (unpaired) electrons. The number of hydrogen-bond donors (Lipinski definition) is 2. The second-order valence-corrected chi connectivity index (χ2v) is 4.52. The molecule has 0 saturated heterocycles. The molecule has 16 heavy (non-hydrogen) atoms. The molecule has 1 aromatic heterocycles. The van der Waals surface area contributed by atoms with Crippen molar-refractivity contribution in [3.05, 3.63) is 46.0 Å². The van der Waals surface area contributed by atoms with Crippen LogP contribution in [0.2, 0.25) is 5.02 Å². The van der Waals surface area contributed by atoms with Crippen LogP contribution in [0.25, 0.3) is 0 Å². The van der Waals surface area contributed by atoms with E-state index in [9.17, 15) is 0 Å². The maximum atomic E-state index is 5.80. The summed E-state index contributed by atoms with van der Waals surface area (Å²) in [7, 11) is 0. The van der Waals surface area contributed by atoms with Crippen molar-refractivity contribution in [3.63, 3.8) is 0 Å². The summed E-state index contributed by atoms with van der Waals surface area (Å²) in [6.07, 6.45) is 1.60. The molecule has 0 aliphatic carbocycles. The van der Waals surface area contributed by atoms with Crippen LogP contribution in [0, 0.1) is 0 Å². The van der Waals surface area contributed by atoms with Gasteiger partial charge < -0.3 is 11.1 Å². The SMILES string of the molecule is Nc1cnc(Nc2ccc(Cl)cc2)c(Br)c1. The van der Waals surface area contributed by atoms with Crippen LogP contribution < -0.4 is 11.1 Å². The fraction of sp³-hybridized carbons (Fsp3) is 0. The Morgan fingerprint density at radius 1 is 1.25 bits per heavy atom. The Labute approximate surface area is 107 Å². The average molecular weight is 299 g/mol. The molecule has 0 atom stereocenters. The van der Waals surface area contributed by atoms with Crippen molar-refractivity contribution in [3.8, 4) is 0 Å². The van der Waals surface area contributed by atoms with Gasteiger partial charge in [0.15, 0.2) is 0 Å².